The Morgan fingerprint density at radius 2 is 1.85 bits per heavy atom. The number of carbonyl (C=O) groups excluding carboxylic acids is 1. The Balaban J connectivity index is 1.60. The lowest BCUT2D eigenvalue weighted by Gasteiger charge is -2.31. The zero-order valence-corrected chi connectivity index (χ0v) is 16.9. The van der Waals surface area contributed by atoms with Crippen molar-refractivity contribution in [1.29, 1.82) is 0 Å². The third-order valence-corrected chi connectivity index (χ3v) is 5.92. The molecule has 1 heterocycles. The van der Waals surface area contributed by atoms with Crippen LogP contribution in [-0.4, -0.2) is 49.4 Å². The number of carbonyl (C=O) groups is 1. The maximum absolute atomic E-state index is 12.6. The third kappa shape index (κ3) is 6.09. The minimum Gasteiger partial charge on any atom is -0.379 e. The average Bonchev–Trinajstić information content (AvgIpc) is 2.70. The van der Waals surface area contributed by atoms with Crippen molar-refractivity contribution >= 4 is 17.7 Å². The number of morpholine rings is 1. The fourth-order valence-corrected chi connectivity index (χ4v) is 3.96. The fraction of sp³-hybridized carbons (Fsp3) is 0.409. The van der Waals surface area contributed by atoms with Gasteiger partial charge in [0.1, 0.15) is 0 Å². The Labute approximate surface area is 166 Å². The number of benzene rings is 2. The Bertz CT molecular complexity index is 745. The van der Waals surface area contributed by atoms with Gasteiger partial charge >= 0.3 is 0 Å². The van der Waals surface area contributed by atoms with Crippen molar-refractivity contribution in [2.75, 3.05) is 38.6 Å². The van der Waals surface area contributed by atoms with Gasteiger partial charge in [0.2, 0.25) is 5.91 Å². The predicted octanol–water partition coefficient (Wildman–Crippen LogP) is 3.59. The molecule has 1 saturated heterocycles. The zero-order chi connectivity index (χ0) is 19.1. The first-order valence-corrected chi connectivity index (χ1v) is 10.4. The van der Waals surface area contributed by atoms with Crippen molar-refractivity contribution < 1.29 is 9.53 Å². The molecule has 2 aromatic rings. The number of hydrogen-bond donors (Lipinski definition) is 1. The fourth-order valence-electron chi connectivity index (χ4n) is 3.15. The summed E-state index contributed by atoms with van der Waals surface area (Å²) in [7, 11) is 0. The molecule has 0 saturated carbocycles. The Hall–Kier alpha value is -1.82. The molecular weight excluding hydrogens is 356 g/mol. The molecule has 4 nitrogen and oxygen atoms in total. The summed E-state index contributed by atoms with van der Waals surface area (Å²) in [6.07, 6.45) is 0. The minimum absolute atomic E-state index is 0.00264. The number of hydrogen-bond acceptors (Lipinski definition) is 4. The molecule has 1 aliphatic heterocycles. The van der Waals surface area contributed by atoms with Crippen LogP contribution in [0, 0.1) is 13.8 Å². The van der Waals surface area contributed by atoms with E-state index in [-0.39, 0.29) is 11.9 Å². The van der Waals surface area contributed by atoms with E-state index in [1.807, 2.05) is 18.2 Å². The second-order valence-corrected chi connectivity index (χ2v) is 8.03. The van der Waals surface area contributed by atoms with Crippen LogP contribution in [0.4, 0.5) is 0 Å². The molecule has 0 unspecified atom stereocenters. The van der Waals surface area contributed by atoms with Crippen LogP contribution in [0.3, 0.4) is 0 Å². The summed E-state index contributed by atoms with van der Waals surface area (Å²) in [5, 5.41) is 3.23. The molecule has 0 aromatic heterocycles. The van der Waals surface area contributed by atoms with Crippen molar-refractivity contribution in [3.05, 3.63) is 65.2 Å². The minimum atomic E-state index is -0.00264. The quantitative estimate of drug-likeness (QED) is 0.741. The normalized spacial score (nSPS) is 16.1. The largest absolute Gasteiger partial charge is 0.379 e. The lowest BCUT2D eigenvalue weighted by molar-refractivity contribution is -0.119. The second kappa shape index (κ2) is 9.93. The molecule has 3 rings (SSSR count). The van der Waals surface area contributed by atoms with E-state index in [1.54, 1.807) is 11.8 Å². The van der Waals surface area contributed by atoms with E-state index in [0.29, 0.717) is 5.75 Å². The second-order valence-electron chi connectivity index (χ2n) is 6.98. The summed E-state index contributed by atoms with van der Waals surface area (Å²) in [4.78, 5) is 16.1. The van der Waals surface area contributed by atoms with Crippen molar-refractivity contribution in [2.45, 2.75) is 24.8 Å². The highest BCUT2D eigenvalue weighted by atomic mass is 32.2. The number of nitrogens with one attached hydrogen (secondary N) is 1. The van der Waals surface area contributed by atoms with Crippen LogP contribution in [-0.2, 0) is 9.53 Å². The number of thioether (sulfide) groups is 1. The summed E-state index contributed by atoms with van der Waals surface area (Å²) < 4.78 is 5.44. The van der Waals surface area contributed by atoms with Crippen LogP contribution >= 0.6 is 11.8 Å². The first-order valence-electron chi connectivity index (χ1n) is 9.46. The van der Waals surface area contributed by atoms with Gasteiger partial charge in [-0.2, -0.15) is 0 Å². The molecule has 1 amide bonds. The molecule has 144 valence electrons. The van der Waals surface area contributed by atoms with Crippen molar-refractivity contribution in [3.8, 4) is 0 Å². The highest BCUT2D eigenvalue weighted by Gasteiger charge is 2.20. The van der Waals surface area contributed by atoms with E-state index in [1.165, 1.54) is 11.1 Å². The van der Waals surface area contributed by atoms with E-state index in [0.717, 1.165) is 43.3 Å². The van der Waals surface area contributed by atoms with Crippen LogP contribution in [0.25, 0.3) is 0 Å². The maximum atomic E-state index is 12.6. The van der Waals surface area contributed by atoms with Gasteiger partial charge in [-0.15, -0.1) is 11.8 Å². The molecular formula is C22H28N2O2S. The molecule has 1 N–H and O–H groups in total. The van der Waals surface area contributed by atoms with Crippen LogP contribution in [0.1, 0.15) is 22.7 Å². The molecule has 2 aromatic carbocycles. The van der Waals surface area contributed by atoms with Crippen LogP contribution in [0.15, 0.2) is 53.4 Å². The highest BCUT2D eigenvalue weighted by Crippen LogP contribution is 2.22. The van der Waals surface area contributed by atoms with E-state index in [2.05, 4.69) is 54.4 Å². The van der Waals surface area contributed by atoms with E-state index in [4.69, 9.17) is 4.74 Å². The van der Waals surface area contributed by atoms with E-state index >= 15 is 0 Å². The van der Waals surface area contributed by atoms with E-state index in [9.17, 15) is 4.79 Å². The first-order chi connectivity index (χ1) is 13.1. The van der Waals surface area contributed by atoms with Crippen LogP contribution in [0.5, 0.6) is 0 Å². The summed E-state index contributed by atoms with van der Waals surface area (Å²) in [6.45, 7) is 8.37. The topological polar surface area (TPSA) is 41.6 Å². The number of nitrogens with zero attached hydrogens (tertiary/aromatic N) is 1. The smallest absolute Gasteiger partial charge is 0.230 e. The lowest BCUT2D eigenvalue weighted by atomic mass is 10.1. The monoisotopic (exact) mass is 384 g/mol. The standard InChI is InChI=1S/C22H28N2O2S/c1-17-8-9-20(14-18(17)2)27-16-22(25)23-21(19-6-4-3-5-7-19)15-24-10-12-26-13-11-24/h3-9,14,21H,10-13,15-16H2,1-2H3,(H,23,25)/t21-/m0/s1. The first kappa shape index (κ1) is 19.9. The third-order valence-electron chi connectivity index (χ3n) is 4.93. The molecule has 0 aliphatic carbocycles. The van der Waals surface area contributed by atoms with Gasteiger partial charge in [-0.1, -0.05) is 36.4 Å². The number of amides is 1. The highest BCUT2D eigenvalue weighted by molar-refractivity contribution is 8.00. The lowest BCUT2D eigenvalue weighted by Crippen LogP contribution is -2.43. The molecule has 27 heavy (non-hydrogen) atoms. The van der Waals surface area contributed by atoms with Gasteiger partial charge in [0.05, 0.1) is 25.0 Å². The van der Waals surface area contributed by atoms with Crippen molar-refractivity contribution in [3.63, 3.8) is 0 Å². The SMILES string of the molecule is Cc1ccc(SCC(=O)N[C@@H](CN2CCOCC2)c2ccccc2)cc1C. The average molecular weight is 385 g/mol. The zero-order valence-electron chi connectivity index (χ0n) is 16.1. The number of aryl methyl sites for hydroxylation is 2. The van der Waals surface area contributed by atoms with E-state index < -0.39 is 0 Å². The van der Waals surface area contributed by atoms with Crippen LogP contribution in [0.2, 0.25) is 0 Å². The molecule has 5 heteroatoms. The Morgan fingerprint density at radius 1 is 1.11 bits per heavy atom. The summed E-state index contributed by atoms with van der Waals surface area (Å²) in [5.41, 5.74) is 3.68. The maximum Gasteiger partial charge on any atom is 0.230 e. The molecule has 0 bridgehead atoms. The number of ether oxygens (including phenoxy) is 1. The molecule has 1 fully saturated rings. The van der Waals surface area contributed by atoms with Gasteiger partial charge in [-0.05, 0) is 42.7 Å². The molecule has 0 spiro atoms. The molecule has 0 radical (unpaired) electrons. The van der Waals surface area contributed by atoms with Gasteiger partial charge in [0.15, 0.2) is 0 Å². The van der Waals surface area contributed by atoms with Crippen LogP contribution < -0.4 is 5.32 Å². The summed E-state index contributed by atoms with van der Waals surface area (Å²) >= 11 is 1.59. The van der Waals surface area contributed by atoms with Gasteiger partial charge < -0.3 is 10.1 Å². The summed E-state index contributed by atoms with van der Waals surface area (Å²) in [5.74, 6) is 0.495. The Morgan fingerprint density at radius 3 is 2.56 bits per heavy atom. The molecule has 1 aliphatic rings. The number of rotatable bonds is 7. The summed E-state index contributed by atoms with van der Waals surface area (Å²) in [6, 6.07) is 16.6. The Kier molecular flexibility index (Phi) is 7.33. The van der Waals surface area contributed by atoms with Gasteiger partial charge in [0, 0.05) is 24.5 Å². The van der Waals surface area contributed by atoms with Crippen molar-refractivity contribution in [1.82, 2.24) is 10.2 Å². The van der Waals surface area contributed by atoms with Gasteiger partial charge in [-0.3, -0.25) is 9.69 Å². The van der Waals surface area contributed by atoms with Crippen molar-refractivity contribution in [2.24, 2.45) is 0 Å². The van der Waals surface area contributed by atoms with Gasteiger partial charge in [-0.25, -0.2) is 0 Å². The molecule has 1 atom stereocenters. The predicted molar refractivity (Wildman–Crippen MR) is 111 cm³/mol. The van der Waals surface area contributed by atoms with Gasteiger partial charge in [0.25, 0.3) is 0 Å².